The number of amides is 1. The third-order valence-corrected chi connectivity index (χ3v) is 4.60. The van der Waals surface area contributed by atoms with Crippen LogP contribution in [0.5, 0.6) is 11.5 Å². The third kappa shape index (κ3) is 5.03. The Hall–Kier alpha value is -1.44. The highest BCUT2D eigenvalue weighted by Crippen LogP contribution is 2.35. The number of nitrogens with two attached hydrogens (primary N) is 1. The molecule has 7 heteroatoms. The minimum Gasteiger partial charge on any atom is -0.493 e. The van der Waals surface area contributed by atoms with Crippen LogP contribution in [0.2, 0.25) is 10.0 Å². The zero-order valence-corrected chi connectivity index (χ0v) is 16.4. The lowest BCUT2D eigenvalue weighted by Crippen LogP contribution is -2.05. The van der Waals surface area contributed by atoms with Gasteiger partial charge in [0, 0.05) is 6.08 Å². The van der Waals surface area contributed by atoms with Crippen molar-refractivity contribution in [2.24, 2.45) is 5.73 Å². The van der Waals surface area contributed by atoms with E-state index < -0.39 is 5.91 Å². The lowest BCUT2D eigenvalue weighted by atomic mass is 10.2. The van der Waals surface area contributed by atoms with Crippen LogP contribution in [0.15, 0.2) is 36.4 Å². The third-order valence-electron chi connectivity index (χ3n) is 3.06. The Morgan fingerprint density at radius 2 is 2.00 bits per heavy atom. The Bertz CT molecular complexity index is 794. The van der Waals surface area contributed by atoms with Gasteiger partial charge in [-0.25, -0.2) is 0 Å². The van der Waals surface area contributed by atoms with E-state index >= 15 is 0 Å². The molecule has 4 nitrogen and oxygen atoms in total. The van der Waals surface area contributed by atoms with Gasteiger partial charge in [-0.2, -0.15) is 0 Å². The number of hydrogen-bond acceptors (Lipinski definition) is 3. The van der Waals surface area contributed by atoms with Gasteiger partial charge in [-0.05, 0) is 64.1 Å². The van der Waals surface area contributed by atoms with Crippen LogP contribution in [-0.2, 0) is 11.4 Å². The van der Waals surface area contributed by atoms with E-state index in [1.54, 1.807) is 31.4 Å². The first-order chi connectivity index (χ1) is 11.4. The number of methoxy groups -OCH3 is 1. The van der Waals surface area contributed by atoms with Crippen LogP contribution in [0.3, 0.4) is 0 Å². The fourth-order valence-corrected chi connectivity index (χ4v) is 3.04. The molecule has 2 N–H and O–H groups in total. The summed E-state index contributed by atoms with van der Waals surface area (Å²) in [6.07, 6.45) is 2.91. The highest BCUT2D eigenvalue weighted by Gasteiger charge is 2.11. The molecule has 0 aromatic heterocycles. The summed E-state index contributed by atoms with van der Waals surface area (Å²) >= 11 is 14.1. The second kappa shape index (κ2) is 8.60. The molecule has 0 radical (unpaired) electrons. The summed E-state index contributed by atoms with van der Waals surface area (Å²) in [6.45, 7) is 0.319. The first kappa shape index (κ1) is 18.9. The van der Waals surface area contributed by atoms with Crippen LogP contribution in [-0.4, -0.2) is 13.0 Å². The molecule has 24 heavy (non-hydrogen) atoms. The van der Waals surface area contributed by atoms with E-state index in [0.29, 0.717) is 28.2 Å². The molecule has 0 heterocycles. The average Bonchev–Trinajstić information content (AvgIpc) is 2.54. The molecular formula is C17H14Cl2INO3. The SMILES string of the molecule is COc1cc(/C=C/C(N)=O)cc(I)c1OCc1ccc(Cl)c(Cl)c1. The number of rotatable bonds is 6. The molecule has 0 saturated heterocycles. The summed E-state index contributed by atoms with van der Waals surface area (Å²) in [4.78, 5) is 10.8. The standard InChI is InChI=1S/C17H14Cl2INO3/c1-23-15-8-10(3-5-16(21)22)7-14(20)17(15)24-9-11-2-4-12(18)13(19)6-11/h2-8H,9H2,1H3,(H2,21,22)/b5-3+. The molecule has 2 aromatic carbocycles. The molecule has 0 spiro atoms. The molecule has 0 bridgehead atoms. The summed E-state index contributed by atoms with van der Waals surface area (Å²) in [6, 6.07) is 8.96. The van der Waals surface area contributed by atoms with Gasteiger partial charge in [0.15, 0.2) is 11.5 Å². The maximum absolute atomic E-state index is 10.8. The zero-order valence-electron chi connectivity index (χ0n) is 12.7. The molecule has 2 aromatic rings. The van der Waals surface area contributed by atoms with Gasteiger partial charge in [0.2, 0.25) is 5.91 Å². The molecule has 0 atom stereocenters. The summed E-state index contributed by atoms with van der Waals surface area (Å²) < 4.78 is 12.1. The maximum atomic E-state index is 10.8. The summed E-state index contributed by atoms with van der Waals surface area (Å²) in [5, 5.41) is 0.976. The molecule has 0 aliphatic heterocycles. The van der Waals surface area contributed by atoms with Gasteiger partial charge in [-0.15, -0.1) is 0 Å². The number of ether oxygens (including phenoxy) is 2. The van der Waals surface area contributed by atoms with Crippen LogP contribution in [0, 0.1) is 3.57 Å². The van der Waals surface area contributed by atoms with Crippen LogP contribution < -0.4 is 15.2 Å². The smallest absolute Gasteiger partial charge is 0.241 e. The lowest BCUT2D eigenvalue weighted by molar-refractivity contribution is -0.113. The number of carbonyl (C=O) groups excluding carboxylic acids is 1. The molecular weight excluding hydrogens is 464 g/mol. The Morgan fingerprint density at radius 3 is 2.62 bits per heavy atom. The largest absolute Gasteiger partial charge is 0.493 e. The molecule has 0 fully saturated rings. The van der Waals surface area contributed by atoms with Gasteiger partial charge in [0.05, 0.1) is 20.7 Å². The Balaban J connectivity index is 2.22. The van der Waals surface area contributed by atoms with Crippen molar-refractivity contribution in [3.8, 4) is 11.5 Å². The van der Waals surface area contributed by atoms with Gasteiger partial charge < -0.3 is 15.2 Å². The summed E-state index contributed by atoms with van der Waals surface area (Å²) in [5.74, 6) is 0.662. The van der Waals surface area contributed by atoms with Gasteiger partial charge in [0.1, 0.15) is 6.61 Å². The van der Waals surface area contributed by atoms with Gasteiger partial charge in [0.25, 0.3) is 0 Å². The highest BCUT2D eigenvalue weighted by atomic mass is 127. The second-order valence-electron chi connectivity index (χ2n) is 4.81. The Morgan fingerprint density at radius 1 is 1.25 bits per heavy atom. The van der Waals surface area contributed by atoms with Gasteiger partial charge in [-0.3, -0.25) is 4.79 Å². The Labute approximate surface area is 163 Å². The van der Waals surface area contributed by atoms with Crippen LogP contribution in [0.25, 0.3) is 6.08 Å². The summed E-state index contributed by atoms with van der Waals surface area (Å²) in [7, 11) is 1.55. The van der Waals surface area contributed by atoms with Crippen molar-refractivity contribution in [1.29, 1.82) is 0 Å². The molecule has 1 amide bonds. The van der Waals surface area contributed by atoms with Crippen molar-refractivity contribution in [2.75, 3.05) is 7.11 Å². The fraction of sp³-hybridized carbons (Fsp3) is 0.118. The van der Waals surface area contributed by atoms with E-state index in [0.717, 1.165) is 14.7 Å². The highest BCUT2D eigenvalue weighted by molar-refractivity contribution is 14.1. The van der Waals surface area contributed by atoms with Crippen LogP contribution >= 0.6 is 45.8 Å². The van der Waals surface area contributed by atoms with Crippen molar-refractivity contribution in [3.63, 3.8) is 0 Å². The first-order valence-electron chi connectivity index (χ1n) is 6.82. The van der Waals surface area contributed by atoms with Crippen molar-refractivity contribution in [2.45, 2.75) is 6.61 Å². The van der Waals surface area contributed by atoms with Gasteiger partial charge >= 0.3 is 0 Å². The molecule has 0 aliphatic carbocycles. The zero-order chi connectivity index (χ0) is 17.7. The van der Waals surface area contributed by atoms with E-state index in [4.69, 9.17) is 38.4 Å². The van der Waals surface area contributed by atoms with Crippen LogP contribution in [0.1, 0.15) is 11.1 Å². The molecule has 2 rings (SSSR count). The topological polar surface area (TPSA) is 61.5 Å². The van der Waals surface area contributed by atoms with E-state index in [1.807, 2.05) is 12.1 Å². The predicted octanol–water partition coefficient (Wildman–Crippen LogP) is 4.68. The number of benzene rings is 2. The van der Waals surface area contributed by atoms with Crippen molar-refractivity contribution in [3.05, 3.63) is 61.2 Å². The quantitative estimate of drug-likeness (QED) is 0.485. The summed E-state index contributed by atoms with van der Waals surface area (Å²) in [5.41, 5.74) is 6.79. The second-order valence-corrected chi connectivity index (χ2v) is 6.78. The number of carbonyl (C=O) groups is 1. The van der Waals surface area contributed by atoms with Crippen molar-refractivity contribution in [1.82, 2.24) is 0 Å². The molecule has 126 valence electrons. The molecule has 0 saturated carbocycles. The van der Waals surface area contributed by atoms with E-state index in [-0.39, 0.29) is 0 Å². The minimum absolute atomic E-state index is 0.319. The molecule has 0 unspecified atom stereocenters. The average molecular weight is 478 g/mol. The van der Waals surface area contributed by atoms with E-state index in [9.17, 15) is 4.79 Å². The number of primary amides is 1. The van der Waals surface area contributed by atoms with Crippen LogP contribution in [0.4, 0.5) is 0 Å². The normalized spacial score (nSPS) is 10.8. The predicted molar refractivity (Wildman–Crippen MR) is 105 cm³/mol. The number of halogens is 3. The van der Waals surface area contributed by atoms with Crippen molar-refractivity contribution >= 4 is 57.8 Å². The first-order valence-corrected chi connectivity index (χ1v) is 8.66. The fourth-order valence-electron chi connectivity index (χ4n) is 1.94. The maximum Gasteiger partial charge on any atom is 0.241 e. The van der Waals surface area contributed by atoms with Gasteiger partial charge in [-0.1, -0.05) is 29.3 Å². The Kier molecular flexibility index (Phi) is 6.77. The number of hydrogen-bond donors (Lipinski definition) is 1. The lowest BCUT2D eigenvalue weighted by Gasteiger charge is -2.14. The van der Waals surface area contributed by atoms with E-state index in [2.05, 4.69) is 22.6 Å². The molecule has 0 aliphatic rings. The van der Waals surface area contributed by atoms with Crippen molar-refractivity contribution < 1.29 is 14.3 Å². The monoisotopic (exact) mass is 477 g/mol. The minimum atomic E-state index is -0.510. The van der Waals surface area contributed by atoms with E-state index in [1.165, 1.54) is 6.08 Å².